The van der Waals surface area contributed by atoms with Crippen LogP contribution in [0.25, 0.3) is 0 Å². The lowest BCUT2D eigenvalue weighted by Gasteiger charge is -2.03. The maximum Gasteiger partial charge on any atom is 0.253 e. The third-order valence-electron chi connectivity index (χ3n) is 2.48. The molecule has 0 saturated heterocycles. The fourth-order valence-corrected chi connectivity index (χ4v) is 2.74. The van der Waals surface area contributed by atoms with Gasteiger partial charge in [-0.25, -0.2) is 0 Å². The average molecular weight is 269 g/mol. The summed E-state index contributed by atoms with van der Waals surface area (Å²) < 4.78 is 0. The van der Waals surface area contributed by atoms with Crippen LogP contribution in [0.4, 0.5) is 10.7 Å². The first kappa shape index (κ1) is 14.5. The second-order valence-corrected chi connectivity index (χ2v) is 5.38. The predicted molar refractivity (Wildman–Crippen MR) is 75.2 cm³/mol. The van der Waals surface area contributed by atoms with Crippen molar-refractivity contribution in [3.8, 4) is 0 Å². The molecular formula is C12H19N3O2S. The average Bonchev–Trinajstić information content (AvgIpc) is 2.62. The number of nitrogen functional groups attached to an aromatic ring is 1. The minimum atomic E-state index is -0.606. The summed E-state index contributed by atoms with van der Waals surface area (Å²) in [7, 11) is 0. The zero-order chi connectivity index (χ0) is 13.9. The molecule has 100 valence electrons. The summed E-state index contributed by atoms with van der Waals surface area (Å²) in [5.41, 5.74) is 11.6. The van der Waals surface area contributed by atoms with Gasteiger partial charge < -0.3 is 16.8 Å². The molecule has 0 fully saturated rings. The highest BCUT2D eigenvalue weighted by molar-refractivity contribution is 7.19. The normalized spacial score (nSPS) is 10.7. The van der Waals surface area contributed by atoms with E-state index in [1.165, 1.54) is 11.3 Å². The maximum absolute atomic E-state index is 12.0. The molecule has 6 heteroatoms. The Morgan fingerprint density at radius 3 is 2.44 bits per heavy atom. The van der Waals surface area contributed by atoms with Crippen molar-refractivity contribution in [1.29, 1.82) is 0 Å². The van der Waals surface area contributed by atoms with Crippen molar-refractivity contribution in [3.05, 3.63) is 10.4 Å². The van der Waals surface area contributed by atoms with Crippen LogP contribution in [0.3, 0.4) is 0 Å². The molecule has 0 aliphatic heterocycles. The van der Waals surface area contributed by atoms with Crippen LogP contribution in [-0.2, 0) is 0 Å². The van der Waals surface area contributed by atoms with Gasteiger partial charge >= 0.3 is 0 Å². The monoisotopic (exact) mass is 269 g/mol. The zero-order valence-electron chi connectivity index (χ0n) is 10.9. The van der Waals surface area contributed by atoms with Crippen LogP contribution in [0.2, 0.25) is 0 Å². The molecule has 0 atom stereocenters. The third kappa shape index (κ3) is 2.81. The molecule has 18 heavy (non-hydrogen) atoms. The van der Waals surface area contributed by atoms with E-state index in [2.05, 4.69) is 5.32 Å². The van der Waals surface area contributed by atoms with Crippen molar-refractivity contribution < 1.29 is 9.59 Å². The van der Waals surface area contributed by atoms with Crippen molar-refractivity contribution in [2.24, 2.45) is 11.7 Å². The summed E-state index contributed by atoms with van der Waals surface area (Å²) in [6.45, 7) is 6.30. The molecule has 1 aromatic rings. The quantitative estimate of drug-likeness (QED) is 0.689. The Balaban J connectivity index is 3.23. The lowest BCUT2D eigenvalue weighted by molar-refractivity contribution is 0.0944. The van der Waals surface area contributed by atoms with Crippen LogP contribution in [0.5, 0.6) is 0 Å². The van der Waals surface area contributed by atoms with Crippen LogP contribution < -0.4 is 16.8 Å². The van der Waals surface area contributed by atoms with Gasteiger partial charge in [-0.05, 0) is 6.42 Å². The van der Waals surface area contributed by atoms with E-state index in [4.69, 9.17) is 11.5 Å². The van der Waals surface area contributed by atoms with Gasteiger partial charge in [0.05, 0.1) is 16.1 Å². The van der Waals surface area contributed by atoms with Gasteiger partial charge in [0.25, 0.3) is 5.91 Å². The van der Waals surface area contributed by atoms with Gasteiger partial charge in [-0.2, -0.15) is 0 Å². The number of nitrogens with two attached hydrogens (primary N) is 2. The Morgan fingerprint density at radius 1 is 1.39 bits per heavy atom. The second kappa shape index (κ2) is 5.86. The summed E-state index contributed by atoms with van der Waals surface area (Å²) in [5.74, 6) is -0.833. The van der Waals surface area contributed by atoms with Crippen molar-refractivity contribution in [3.63, 3.8) is 0 Å². The van der Waals surface area contributed by atoms with E-state index < -0.39 is 5.91 Å². The topological polar surface area (TPSA) is 98.2 Å². The highest BCUT2D eigenvalue weighted by atomic mass is 32.1. The van der Waals surface area contributed by atoms with Crippen molar-refractivity contribution in [2.75, 3.05) is 17.6 Å². The molecule has 0 aliphatic carbocycles. The van der Waals surface area contributed by atoms with Crippen LogP contribution >= 0.6 is 11.3 Å². The number of ketones is 1. The van der Waals surface area contributed by atoms with Gasteiger partial charge in [-0.1, -0.05) is 20.8 Å². The number of primary amides is 1. The van der Waals surface area contributed by atoms with E-state index in [1.54, 1.807) is 13.8 Å². The second-order valence-electron chi connectivity index (χ2n) is 4.36. The number of rotatable bonds is 6. The Morgan fingerprint density at radius 2 is 2.00 bits per heavy atom. The molecule has 0 bridgehead atoms. The Kier molecular flexibility index (Phi) is 4.72. The van der Waals surface area contributed by atoms with Crippen LogP contribution in [0.15, 0.2) is 0 Å². The fourth-order valence-electron chi connectivity index (χ4n) is 1.50. The smallest absolute Gasteiger partial charge is 0.253 e. The van der Waals surface area contributed by atoms with Gasteiger partial charge in [0.15, 0.2) is 5.78 Å². The molecule has 0 unspecified atom stereocenters. The lowest BCUT2D eigenvalue weighted by Crippen LogP contribution is -2.16. The molecular weight excluding hydrogens is 250 g/mol. The maximum atomic E-state index is 12.0. The summed E-state index contributed by atoms with van der Waals surface area (Å²) in [5, 5.41) is 3.67. The van der Waals surface area contributed by atoms with Gasteiger partial charge in [0.2, 0.25) is 0 Å². The first-order valence-corrected chi connectivity index (χ1v) is 6.71. The molecule has 1 rings (SSSR count). The molecule has 5 nitrogen and oxygen atoms in total. The number of Topliss-reactive ketones (excluding diaryl/α,β-unsaturated/α-hetero) is 1. The molecule has 1 aromatic heterocycles. The third-order valence-corrected chi connectivity index (χ3v) is 3.65. The summed E-state index contributed by atoms with van der Waals surface area (Å²) >= 11 is 1.20. The molecule has 1 amide bonds. The molecule has 0 aromatic carbocycles. The molecule has 0 spiro atoms. The van der Waals surface area contributed by atoms with E-state index in [9.17, 15) is 9.59 Å². The van der Waals surface area contributed by atoms with Gasteiger partial charge in [0.1, 0.15) is 5.00 Å². The highest BCUT2D eigenvalue weighted by Crippen LogP contribution is 2.36. The Labute approximate surface area is 111 Å². The number of hydrogen-bond donors (Lipinski definition) is 3. The fraction of sp³-hybridized carbons (Fsp3) is 0.500. The largest absolute Gasteiger partial charge is 0.397 e. The summed E-state index contributed by atoms with van der Waals surface area (Å²) in [6.07, 6.45) is 0.906. The summed E-state index contributed by atoms with van der Waals surface area (Å²) in [4.78, 5) is 23.8. The zero-order valence-corrected chi connectivity index (χ0v) is 11.7. The number of hydrogen-bond acceptors (Lipinski definition) is 5. The Hall–Kier alpha value is -1.56. The number of amides is 1. The molecule has 0 saturated carbocycles. The van der Waals surface area contributed by atoms with Gasteiger partial charge in [0, 0.05) is 12.5 Å². The minimum Gasteiger partial charge on any atom is -0.397 e. The van der Waals surface area contributed by atoms with Crippen molar-refractivity contribution in [1.82, 2.24) is 0 Å². The first-order valence-electron chi connectivity index (χ1n) is 5.90. The molecule has 5 N–H and O–H groups in total. The minimum absolute atomic E-state index is 0.0652. The SMILES string of the molecule is CCCNc1sc(C(=O)C(C)C)c(N)c1C(N)=O. The molecule has 0 radical (unpaired) electrons. The van der Waals surface area contributed by atoms with Crippen molar-refractivity contribution in [2.45, 2.75) is 27.2 Å². The van der Waals surface area contributed by atoms with Crippen LogP contribution in [0.1, 0.15) is 47.2 Å². The van der Waals surface area contributed by atoms with E-state index in [1.807, 2.05) is 6.92 Å². The van der Waals surface area contributed by atoms with E-state index in [0.717, 1.165) is 6.42 Å². The standard InChI is InChI=1S/C12H19N3O2S/c1-4-5-15-12-7(11(14)17)8(13)10(18-12)9(16)6(2)3/h6,15H,4-5,13H2,1-3H3,(H2,14,17). The van der Waals surface area contributed by atoms with E-state index in [0.29, 0.717) is 16.4 Å². The number of carbonyl (C=O) groups is 2. The van der Waals surface area contributed by atoms with E-state index >= 15 is 0 Å². The highest BCUT2D eigenvalue weighted by Gasteiger charge is 2.25. The van der Waals surface area contributed by atoms with Crippen molar-refractivity contribution >= 4 is 33.7 Å². The van der Waals surface area contributed by atoms with Gasteiger partial charge in [-0.15, -0.1) is 11.3 Å². The number of anilines is 2. The lowest BCUT2D eigenvalue weighted by atomic mass is 10.1. The van der Waals surface area contributed by atoms with Crippen LogP contribution in [0, 0.1) is 5.92 Å². The number of nitrogens with one attached hydrogen (secondary N) is 1. The molecule has 0 aliphatic rings. The number of thiophene rings is 1. The Bertz CT molecular complexity index is 466. The van der Waals surface area contributed by atoms with E-state index in [-0.39, 0.29) is 23.0 Å². The van der Waals surface area contributed by atoms with Crippen LogP contribution in [-0.4, -0.2) is 18.2 Å². The molecule has 1 heterocycles. The van der Waals surface area contributed by atoms with Gasteiger partial charge in [-0.3, -0.25) is 9.59 Å². The summed E-state index contributed by atoms with van der Waals surface area (Å²) in [6, 6.07) is 0. The first-order chi connectivity index (χ1) is 8.40. The number of carbonyl (C=O) groups excluding carboxylic acids is 2. The predicted octanol–water partition coefficient (Wildman–Crippen LogP) is 2.09.